The third-order valence-corrected chi connectivity index (χ3v) is 4.39. The Morgan fingerprint density at radius 1 is 1.27 bits per heavy atom. The predicted molar refractivity (Wildman–Crippen MR) is 102 cm³/mol. The van der Waals surface area contributed by atoms with Crippen LogP contribution < -0.4 is 10.1 Å². The summed E-state index contributed by atoms with van der Waals surface area (Å²) < 4.78 is 5.14. The van der Waals surface area contributed by atoms with E-state index in [1.807, 2.05) is 0 Å². The highest BCUT2D eigenvalue weighted by Crippen LogP contribution is 2.29. The highest BCUT2D eigenvalue weighted by molar-refractivity contribution is 8.18. The monoisotopic (exact) mass is 388 g/mol. The zero-order chi connectivity index (χ0) is 18.5. The number of hydrogen-bond donors (Lipinski definition) is 2. The van der Waals surface area contributed by atoms with Crippen molar-refractivity contribution >= 4 is 52.2 Å². The van der Waals surface area contributed by atoms with Crippen LogP contribution >= 0.6 is 23.4 Å². The molecule has 2 N–H and O–H groups in total. The van der Waals surface area contributed by atoms with Crippen LogP contribution in [-0.2, 0) is 9.59 Å². The Morgan fingerprint density at radius 3 is 2.77 bits per heavy atom. The van der Waals surface area contributed by atoms with Gasteiger partial charge in [0.15, 0.2) is 11.8 Å². The van der Waals surface area contributed by atoms with Crippen LogP contribution in [0.5, 0.6) is 5.75 Å². The van der Waals surface area contributed by atoms with Gasteiger partial charge in [-0.1, -0.05) is 23.7 Å². The Balaban J connectivity index is 1.75. The minimum Gasteiger partial charge on any atom is -0.482 e. The molecule has 0 aromatic heterocycles. The molecule has 2 aromatic carbocycles. The number of aliphatic imine (C=N–C) groups is 1. The summed E-state index contributed by atoms with van der Waals surface area (Å²) >= 11 is 7.06. The molecule has 8 heteroatoms. The van der Waals surface area contributed by atoms with Crippen molar-refractivity contribution in [1.82, 2.24) is 5.32 Å². The summed E-state index contributed by atoms with van der Waals surface area (Å²) in [5, 5.41) is 12.5. The quantitative estimate of drug-likeness (QED) is 0.762. The first-order chi connectivity index (χ1) is 12.5. The first-order valence-electron chi connectivity index (χ1n) is 7.49. The lowest BCUT2D eigenvalue weighted by molar-refractivity contribution is -0.139. The number of thioether (sulfide) groups is 1. The van der Waals surface area contributed by atoms with Crippen LogP contribution in [0.2, 0.25) is 5.02 Å². The fraction of sp³-hybridized carbons (Fsp3) is 0.0556. The van der Waals surface area contributed by atoms with Crippen molar-refractivity contribution in [1.29, 1.82) is 0 Å². The standard InChI is InChI=1S/C18H13ClN2O4S/c19-12-4-6-13(7-5-12)20-18-21-17(24)15(26-18)9-11-2-1-3-14(8-11)25-10-16(22)23/h1-9H,10H2,(H,22,23)(H,20,21,24)/b15-9+. The molecular formula is C18H13ClN2O4S. The number of hydrogen-bond acceptors (Lipinski definition) is 5. The highest BCUT2D eigenvalue weighted by atomic mass is 35.5. The normalized spacial score (nSPS) is 16.7. The van der Waals surface area contributed by atoms with Crippen molar-refractivity contribution in [3.63, 3.8) is 0 Å². The average Bonchev–Trinajstić information content (AvgIpc) is 2.95. The number of aliphatic carboxylic acids is 1. The summed E-state index contributed by atoms with van der Waals surface area (Å²) in [4.78, 5) is 27.5. The van der Waals surface area contributed by atoms with Gasteiger partial charge < -0.3 is 15.2 Å². The van der Waals surface area contributed by atoms with Gasteiger partial charge in [-0.3, -0.25) is 4.79 Å². The molecule has 0 spiro atoms. The van der Waals surface area contributed by atoms with Crippen molar-refractivity contribution in [2.45, 2.75) is 0 Å². The minimum atomic E-state index is -1.05. The molecule has 26 heavy (non-hydrogen) atoms. The number of benzene rings is 2. The third kappa shape index (κ3) is 4.87. The molecule has 1 saturated heterocycles. The molecule has 0 atom stereocenters. The number of ether oxygens (including phenoxy) is 1. The molecule has 1 aliphatic rings. The topological polar surface area (TPSA) is 88.0 Å². The first kappa shape index (κ1) is 18.0. The van der Waals surface area contributed by atoms with Gasteiger partial charge in [0.05, 0.1) is 10.6 Å². The number of halogens is 1. The molecule has 1 heterocycles. The molecule has 6 nitrogen and oxygen atoms in total. The minimum absolute atomic E-state index is 0.250. The molecule has 1 fully saturated rings. The molecule has 1 aliphatic heterocycles. The van der Waals surface area contributed by atoms with Crippen LogP contribution in [0, 0.1) is 0 Å². The van der Waals surface area contributed by atoms with Gasteiger partial charge in [0.2, 0.25) is 0 Å². The van der Waals surface area contributed by atoms with E-state index in [1.165, 1.54) is 11.8 Å². The van der Waals surface area contributed by atoms with E-state index < -0.39 is 12.6 Å². The van der Waals surface area contributed by atoms with E-state index in [9.17, 15) is 9.59 Å². The molecule has 132 valence electrons. The van der Waals surface area contributed by atoms with Crippen LogP contribution in [0.25, 0.3) is 6.08 Å². The molecule has 2 aromatic rings. The van der Waals surface area contributed by atoms with Crippen LogP contribution in [0.4, 0.5) is 5.69 Å². The summed E-state index contributed by atoms with van der Waals surface area (Å²) in [6.45, 7) is -0.423. The molecule has 3 rings (SSSR count). The molecule has 0 unspecified atom stereocenters. The second kappa shape index (κ2) is 8.07. The number of carbonyl (C=O) groups is 2. The average molecular weight is 389 g/mol. The number of nitrogens with zero attached hydrogens (tertiary/aromatic N) is 1. The summed E-state index contributed by atoms with van der Waals surface area (Å²) in [6.07, 6.45) is 1.69. The number of carboxylic acid groups (broad SMARTS) is 1. The third-order valence-electron chi connectivity index (χ3n) is 3.23. The zero-order valence-corrected chi connectivity index (χ0v) is 14.9. The Bertz CT molecular complexity index is 910. The van der Waals surface area contributed by atoms with Gasteiger partial charge in [-0.15, -0.1) is 0 Å². The van der Waals surface area contributed by atoms with Crippen molar-refractivity contribution in [3.05, 3.63) is 64.0 Å². The fourth-order valence-electron chi connectivity index (χ4n) is 2.10. The lowest BCUT2D eigenvalue weighted by Crippen LogP contribution is -2.19. The lowest BCUT2D eigenvalue weighted by Gasteiger charge is -2.03. The van der Waals surface area contributed by atoms with Gasteiger partial charge in [-0.25, -0.2) is 9.79 Å². The fourth-order valence-corrected chi connectivity index (χ4v) is 3.07. The molecule has 0 aliphatic carbocycles. The largest absolute Gasteiger partial charge is 0.482 e. The van der Waals surface area contributed by atoms with Crippen molar-refractivity contribution in [2.24, 2.45) is 4.99 Å². The predicted octanol–water partition coefficient (Wildman–Crippen LogP) is 3.70. The Morgan fingerprint density at radius 2 is 2.04 bits per heavy atom. The van der Waals surface area contributed by atoms with E-state index in [1.54, 1.807) is 54.6 Å². The van der Waals surface area contributed by atoms with Crippen LogP contribution in [0.3, 0.4) is 0 Å². The Hall–Kier alpha value is -2.77. The lowest BCUT2D eigenvalue weighted by atomic mass is 10.2. The highest BCUT2D eigenvalue weighted by Gasteiger charge is 2.23. The smallest absolute Gasteiger partial charge is 0.341 e. The number of amidine groups is 1. The number of amides is 1. The maximum atomic E-state index is 12.1. The zero-order valence-electron chi connectivity index (χ0n) is 13.3. The first-order valence-corrected chi connectivity index (χ1v) is 8.69. The molecule has 0 bridgehead atoms. The molecule has 0 saturated carbocycles. The Kier molecular flexibility index (Phi) is 5.60. The van der Waals surface area contributed by atoms with Gasteiger partial charge in [0.1, 0.15) is 5.75 Å². The van der Waals surface area contributed by atoms with E-state index in [-0.39, 0.29) is 5.91 Å². The summed E-state index contributed by atoms with van der Waals surface area (Å²) in [5.74, 6) is -0.887. The Labute approximate surface area is 158 Å². The van der Waals surface area contributed by atoms with Gasteiger partial charge in [0.25, 0.3) is 5.91 Å². The van der Waals surface area contributed by atoms with Crippen LogP contribution in [0.15, 0.2) is 58.4 Å². The summed E-state index contributed by atoms with van der Waals surface area (Å²) in [6, 6.07) is 13.8. The number of carboxylic acids is 1. The van der Waals surface area contributed by atoms with E-state index in [2.05, 4.69) is 10.3 Å². The number of rotatable bonds is 5. The second-order valence-corrected chi connectivity index (χ2v) is 6.68. The number of nitrogens with one attached hydrogen (secondary N) is 1. The van der Waals surface area contributed by atoms with Gasteiger partial charge >= 0.3 is 5.97 Å². The van der Waals surface area contributed by atoms with Crippen LogP contribution in [0.1, 0.15) is 5.56 Å². The molecule has 0 radical (unpaired) electrons. The van der Waals surface area contributed by atoms with Gasteiger partial charge in [0, 0.05) is 5.02 Å². The van der Waals surface area contributed by atoms with Gasteiger partial charge in [-0.05, 0) is 59.8 Å². The summed E-state index contributed by atoms with van der Waals surface area (Å²) in [5.41, 5.74) is 1.40. The van der Waals surface area contributed by atoms with E-state index in [4.69, 9.17) is 21.4 Å². The molecular weight excluding hydrogens is 376 g/mol. The van der Waals surface area contributed by atoms with Crippen LogP contribution in [-0.4, -0.2) is 28.8 Å². The van der Waals surface area contributed by atoms with E-state index in [0.717, 1.165) is 5.56 Å². The maximum Gasteiger partial charge on any atom is 0.341 e. The number of carbonyl (C=O) groups excluding carboxylic acids is 1. The van der Waals surface area contributed by atoms with Crippen molar-refractivity contribution in [2.75, 3.05) is 6.61 Å². The van der Waals surface area contributed by atoms with Gasteiger partial charge in [-0.2, -0.15) is 0 Å². The van der Waals surface area contributed by atoms with Crippen molar-refractivity contribution < 1.29 is 19.4 Å². The van der Waals surface area contributed by atoms with E-state index in [0.29, 0.717) is 26.5 Å². The molecule has 1 amide bonds. The maximum absolute atomic E-state index is 12.1. The van der Waals surface area contributed by atoms with E-state index >= 15 is 0 Å². The van der Waals surface area contributed by atoms with Crippen molar-refractivity contribution in [3.8, 4) is 5.75 Å². The second-order valence-electron chi connectivity index (χ2n) is 5.21. The summed E-state index contributed by atoms with van der Waals surface area (Å²) in [7, 11) is 0. The SMILES string of the molecule is O=C(O)COc1cccc(/C=C2/SC(=Nc3ccc(Cl)cc3)NC2=O)c1.